The monoisotopic (exact) mass is 429 g/mol. The summed E-state index contributed by atoms with van der Waals surface area (Å²) in [6.45, 7) is 1.83. The van der Waals surface area contributed by atoms with Crippen LogP contribution >= 0.6 is 0 Å². The van der Waals surface area contributed by atoms with Gasteiger partial charge in [0.25, 0.3) is 11.6 Å². The summed E-state index contributed by atoms with van der Waals surface area (Å²) in [5.41, 5.74) is -0.840. The van der Waals surface area contributed by atoms with Gasteiger partial charge in [-0.15, -0.1) is 0 Å². The molecule has 0 saturated heterocycles. The molecule has 0 aliphatic carbocycles. The largest absolute Gasteiger partial charge is 0.418 e. The molecular formula is C22H18F3N3O3. The van der Waals surface area contributed by atoms with E-state index < -0.39 is 28.3 Å². The van der Waals surface area contributed by atoms with Crippen LogP contribution in [-0.2, 0) is 6.18 Å². The van der Waals surface area contributed by atoms with E-state index in [1.165, 1.54) is 24.3 Å². The molecule has 0 bridgehead atoms. The fraction of sp³-hybridized carbons (Fsp3) is 0.136. The van der Waals surface area contributed by atoms with Gasteiger partial charge in [-0.2, -0.15) is 13.2 Å². The summed E-state index contributed by atoms with van der Waals surface area (Å²) in [7, 11) is 0. The number of rotatable bonds is 6. The second-order valence-corrected chi connectivity index (χ2v) is 6.76. The molecule has 160 valence electrons. The van der Waals surface area contributed by atoms with Crippen LogP contribution in [0.5, 0.6) is 0 Å². The molecule has 31 heavy (non-hydrogen) atoms. The van der Waals surface area contributed by atoms with E-state index >= 15 is 0 Å². The maximum absolute atomic E-state index is 13.1. The van der Waals surface area contributed by atoms with Crippen molar-refractivity contribution in [2.75, 3.05) is 10.6 Å². The van der Waals surface area contributed by atoms with Gasteiger partial charge in [-0.1, -0.05) is 42.5 Å². The molecule has 9 heteroatoms. The first-order chi connectivity index (χ1) is 14.7. The van der Waals surface area contributed by atoms with Gasteiger partial charge in [0.1, 0.15) is 5.69 Å². The van der Waals surface area contributed by atoms with Gasteiger partial charge in [-0.05, 0) is 36.8 Å². The Bertz CT molecular complexity index is 1100. The van der Waals surface area contributed by atoms with Gasteiger partial charge >= 0.3 is 6.18 Å². The van der Waals surface area contributed by atoms with E-state index in [4.69, 9.17) is 0 Å². The van der Waals surface area contributed by atoms with Gasteiger partial charge in [0, 0.05) is 17.7 Å². The van der Waals surface area contributed by atoms with Crippen LogP contribution < -0.4 is 10.6 Å². The molecule has 0 heterocycles. The SMILES string of the molecule is C[C@@H](Nc1ccc(C(=O)Nc2ccccc2C(F)(F)F)cc1[N+](=O)[O-])c1ccccc1. The van der Waals surface area contributed by atoms with Crippen LogP contribution in [-0.4, -0.2) is 10.8 Å². The number of nitrogens with zero attached hydrogens (tertiary/aromatic N) is 1. The van der Waals surface area contributed by atoms with Crippen LogP contribution in [0.25, 0.3) is 0 Å². The third-order valence-corrected chi connectivity index (χ3v) is 4.61. The molecule has 3 aromatic rings. The van der Waals surface area contributed by atoms with E-state index in [1.54, 1.807) is 0 Å². The predicted molar refractivity (Wildman–Crippen MR) is 111 cm³/mol. The number of carbonyl (C=O) groups is 1. The number of nitrogens with one attached hydrogen (secondary N) is 2. The molecule has 1 atom stereocenters. The highest BCUT2D eigenvalue weighted by Crippen LogP contribution is 2.35. The molecule has 6 nitrogen and oxygen atoms in total. The van der Waals surface area contributed by atoms with Gasteiger partial charge in [0.05, 0.1) is 16.2 Å². The Morgan fingerprint density at radius 2 is 1.61 bits per heavy atom. The van der Waals surface area contributed by atoms with Crippen molar-refractivity contribution in [3.05, 3.63) is 99.6 Å². The summed E-state index contributed by atoms with van der Waals surface area (Å²) in [4.78, 5) is 23.4. The number of anilines is 2. The van der Waals surface area contributed by atoms with E-state index in [-0.39, 0.29) is 23.0 Å². The van der Waals surface area contributed by atoms with Crippen LogP contribution in [0.15, 0.2) is 72.8 Å². The smallest absolute Gasteiger partial charge is 0.373 e. The van der Waals surface area contributed by atoms with Gasteiger partial charge in [-0.3, -0.25) is 14.9 Å². The van der Waals surface area contributed by atoms with Crippen molar-refractivity contribution < 1.29 is 22.9 Å². The van der Waals surface area contributed by atoms with Crippen molar-refractivity contribution in [2.45, 2.75) is 19.1 Å². The van der Waals surface area contributed by atoms with Gasteiger partial charge in [-0.25, -0.2) is 0 Å². The lowest BCUT2D eigenvalue weighted by atomic mass is 10.1. The van der Waals surface area contributed by atoms with Crippen molar-refractivity contribution in [3.8, 4) is 0 Å². The zero-order chi connectivity index (χ0) is 22.6. The molecule has 0 aliphatic heterocycles. The Labute approximate surface area is 175 Å². The van der Waals surface area contributed by atoms with Crippen LogP contribution in [0.1, 0.15) is 34.5 Å². The normalized spacial score (nSPS) is 12.1. The molecule has 0 aromatic heterocycles. The number of para-hydroxylation sites is 1. The number of halogens is 3. The number of benzene rings is 3. The Kier molecular flexibility index (Phi) is 6.24. The van der Waals surface area contributed by atoms with Gasteiger partial charge in [0.2, 0.25) is 0 Å². The van der Waals surface area contributed by atoms with Crippen molar-refractivity contribution >= 4 is 23.0 Å². The topological polar surface area (TPSA) is 84.3 Å². The molecule has 0 saturated carbocycles. The quantitative estimate of drug-likeness (QED) is 0.370. The number of nitro groups is 1. The molecule has 2 N–H and O–H groups in total. The molecule has 0 spiro atoms. The molecule has 0 fully saturated rings. The molecule has 3 aromatic carbocycles. The molecule has 0 radical (unpaired) electrons. The average Bonchev–Trinajstić information content (AvgIpc) is 2.74. The molecule has 3 rings (SSSR count). The zero-order valence-corrected chi connectivity index (χ0v) is 16.3. The van der Waals surface area contributed by atoms with E-state index in [2.05, 4.69) is 10.6 Å². The first-order valence-electron chi connectivity index (χ1n) is 9.24. The minimum atomic E-state index is -4.66. The molecule has 0 unspecified atom stereocenters. The highest BCUT2D eigenvalue weighted by atomic mass is 19.4. The Morgan fingerprint density at radius 1 is 0.968 bits per heavy atom. The van der Waals surface area contributed by atoms with Crippen molar-refractivity contribution in [1.29, 1.82) is 0 Å². The summed E-state index contributed by atoms with van der Waals surface area (Å²) in [6.07, 6.45) is -4.66. The van der Waals surface area contributed by atoms with Crippen molar-refractivity contribution in [2.24, 2.45) is 0 Å². The van der Waals surface area contributed by atoms with Gasteiger partial charge in [0.15, 0.2) is 0 Å². The highest BCUT2D eigenvalue weighted by Gasteiger charge is 2.33. The summed E-state index contributed by atoms with van der Waals surface area (Å²) < 4.78 is 39.4. The Morgan fingerprint density at radius 3 is 2.26 bits per heavy atom. The number of hydrogen-bond acceptors (Lipinski definition) is 4. The van der Waals surface area contributed by atoms with Crippen LogP contribution in [0.2, 0.25) is 0 Å². The lowest BCUT2D eigenvalue weighted by molar-refractivity contribution is -0.384. The second kappa shape index (κ2) is 8.86. The first-order valence-corrected chi connectivity index (χ1v) is 9.24. The summed E-state index contributed by atoms with van der Waals surface area (Å²) >= 11 is 0. The first kappa shape index (κ1) is 21.8. The summed E-state index contributed by atoms with van der Waals surface area (Å²) in [6, 6.07) is 17.2. The molecule has 0 aliphatic rings. The number of nitro benzene ring substituents is 1. The number of carbonyl (C=O) groups excluding carboxylic acids is 1. The third kappa shape index (κ3) is 5.19. The van der Waals surface area contributed by atoms with Crippen molar-refractivity contribution in [1.82, 2.24) is 0 Å². The lowest BCUT2D eigenvalue weighted by Crippen LogP contribution is -2.17. The van der Waals surface area contributed by atoms with E-state index in [0.717, 1.165) is 23.8 Å². The van der Waals surface area contributed by atoms with E-state index in [0.29, 0.717) is 0 Å². The summed E-state index contributed by atoms with van der Waals surface area (Å²) in [5, 5.41) is 16.8. The number of alkyl halides is 3. The average molecular weight is 429 g/mol. The second-order valence-electron chi connectivity index (χ2n) is 6.76. The molecular weight excluding hydrogens is 411 g/mol. The maximum atomic E-state index is 13.1. The fourth-order valence-corrected chi connectivity index (χ4v) is 3.04. The molecule has 1 amide bonds. The number of hydrogen-bond donors (Lipinski definition) is 2. The third-order valence-electron chi connectivity index (χ3n) is 4.61. The van der Waals surface area contributed by atoms with Crippen LogP contribution in [0.3, 0.4) is 0 Å². The van der Waals surface area contributed by atoms with Gasteiger partial charge < -0.3 is 10.6 Å². The fourth-order valence-electron chi connectivity index (χ4n) is 3.04. The zero-order valence-electron chi connectivity index (χ0n) is 16.3. The summed E-state index contributed by atoms with van der Waals surface area (Å²) in [5.74, 6) is -0.887. The standard InChI is InChI=1S/C22H18F3N3O3/c1-14(15-7-3-2-4-8-15)26-19-12-11-16(13-20(19)28(30)31)21(29)27-18-10-6-5-9-17(18)22(23,24)25/h2-14,26H,1H3,(H,27,29)/t14-/m1/s1. The van der Waals surface area contributed by atoms with Crippen molar-refractivity contribution in [3.63, 3.8) is 0 Å². The van der Waals surface area contributed by atoms with Crippen LogP contribution in [0, 0.1) is 10.1 Å². The van der Waals surface area contributed by atoms with E-state index in [9.17, 15) is 28.1 Å². The Hall–Kier alpha value is -3.88. The maximum Gasteiger partial charge on any atom is 0.418 e. The van der Waals surface area contributed by atoms with Crippen LogP contribution in [0.4, 0.5) is 30.2 Å². The minimum absolute atomic E-state index is 0.137. The minimum Gasteiger partial charge on any atom is -0.373 e. The number of amides is 1. The Balaban J connectivity index is 1.86. The highest BCUT2D eigenvalue weighted by molar-refractivity contribution is 6.05. The predicted octanol–water partition coefficient (Wildman–Crippen LogP) is 6.04. The van der Waals surface area contributed by atoms with E-state index in [1.807, 2.05) is 37.3 Å². The lowest BCUT2D eigenvalue weighted by Gasteiger charge is -2.16.